The van der Waals surface area contributed by atoms with E-state index in [1.807, 2.05) is 11.3 Å². The molecule has 1 saturated carbocycles. The van der Waals surface area contributed by atoms with Crippen LogP contribution in [0.2, 0.25) is 0 Å². The van der Waals surface area contributed by atoms with Crippen LogP contribution in [0.3, 0.4) is 0 Å². The Hall–Kier alpha value is 0.1000. The molecule has 20 heavy (non-hydrogen) atoms. The van der Waals surface area contributed by atoms with E-state index in [0.29, 0.717) is 6.04 Å². The molecule has 2 heterocycles. The van der Waals surface area contributed by atoms with E-state index >= 15 is 0 Å². The highest BCUT2D eigenvalue weighted by molar-refractivity contribution is 9.11. The molecule has 1 aliphatic carbocycles. The molecule has 0 bridgehead atoms. The first-order valence-corrected chi connectivity index (χ1v) is 9.55. The highest BCUT2D eigenvalue weighted by Gasteiger charge is 2.32. The molecule has 0 amide bonds. The molecule has 1 aromatic rings. The largest absolute Gasteiger partial charge is 0.311 e. The third-order valence-corrected chi connectivity index (χ3v) is 6.44. The average Bonchev–Trinajstić information content (AvgIpc) is 2.85. The second kappa shape index (κ2) is 6.91. The first-order chi connectivity index (χ1) is 9.72. The number of nitrogens with one attached hydrogen (secondary N) is 1. The molecule has 0 aromatic carbocycles. The van der Waals surface area contributed by atoms with Gasteiger partial charge < -0.3 is 5.32 Å². The molecule has 0 spiro atoms. The van der Waals surface area contributed by atoms with Crippen molar-refractivity contribution in [1.82, 2.24) is 10.2 Å². The number of thiophene rings is 1. The number of halogens is 1. The maximum Gasteiger partial charge on any atom is 0.0701 e. The Morgan fingerprint density at radius 1 is 1.30 bits per heavy atom. The van der Waals surface area contributed by atoms with Gasteiger partial charge in [0.2, 0.25) is 0 Å². The summed E-state index contributed by atoms with van der Waals surface area (Å²) in [5, 5.41) is 3.70. The number of hydrogen-bond donors (Lipinski definition) is 1. The van der Waals surface area contributed by atoms with Crippen molar-refractivity contribution in [2.75, 3.05) is 13.1 Å². The lowest BCUT2D eigenvalue weighted by Crippen LogP contribution is -2.57. The molecule has 2 atom stereocenters. The molecular weight excluding hydrogens is 332 g/mol. The predicted molar refractivity (Wildman–Crippen MR) is 90.3 cm³/mol. The van der Waals surface area contributed by atoms with Crippen LogP contribution in [0.1, 0.15) is 43.9 Å². The zero-order valence-electron chi connectivity index (χ0n) is 12.3. The minimum absolute atomic E-state index is 0.623. The van der Waals surface area contributed by atoms with Crippen molar-refractivity contribution in [3.05, 3.63) is 20.8 Å². The van der Waals surface area contributed by atoms with Gasteiger partial charge in [0.15, 0.2) is 0 Å². The lowest BCUT2D eigenvalue weighted by molar-refractivity contribution is 0.0697. The number of piperazine rings is 1. The topological polar surface area (TPSA) is 15.3 Å². The van der Waals surface area contributed by atoms with E-state index in [2.05, 4.69) is 45.2 Å². The Bertz CT molecular complexity index is 428. The van der Waals surface area contributed by atoms with Crippen LogP contribution in [-0.2, 0) is 6.54 Å². The van der Waals surface area contributed by atoms with E-state index < -0.39 is 0 Å². The zero-order valence-corrected chi connectivity index (χ0v) is 14.7. The Morgan fingerprint density at radius 2 is 2.10 bits per heavy atom. The standard InChI is InChI=1S/C16H25BrN2S/c1-12-10-19(11-14-7-8-16(17)20-14)15(9-18-12)13-5-3-2-4-6-13/h7-8,12-13,15,18H,2-6,9-11H2,1H3. The number of rotatable bonds is 3. The van der Waals surface area contributed by atoms with Crippen molar-refractivity contribution in [1.29, 1.82) is 0 Å². The van der Waals surface area contributed by atoms with E-state index in [1.165, 1.54) is 53.9 Å². The minimum atomic E-state index is 0.623. The van der Waals surface area contributed by atoms with Gasteiger partial charge in [-0.3, -0.25) is 4.90 Å². The second-order valence-electron chi connectivity index (χ2n) is 6.41. The normalized spacial score (nSPS) is 29.7. The van der Waals surface area contributed by atoms with Gasteiger partial charge in [-0.05, 0) is 53.7 Å². The Labute approximate surface area is 135 Å². The van der Waals surface area contributed by atoms with Crippen LogP contribution < -0.4 is 5.32 Å². The van der Waals surface area contributed by atoms with E-state index in [-0.39, 0.29) is 0 Å². The van der Waals surface area contributed by atoms with E-state index in [4.69, 9.17) is 0 Å². The van der Waals surface area contributed by atoms with Crippen molar-refractivity contribution in [2.45, 2.75) is 57.7 Å². The van der Waals surface area contributed by atoms with Crippen molar-refractivity contribution in [3.8, 4) is 0 Å². The quantitative estimate of drug-likeness (QED) is 0.870. The van der Waals surface area contributed by atoms with Crippen LogP contribution >= 0.6 is 27.3 Å². The van der Waals surface area contributed by atoms with E-state index in [0.717, 1.165) is 18.5 Å². The van der Waals surface area contributed by atoms with Crippen LogP contribution in [0.15, 0.2) is 15.9 Å². The zero-order chi connectivity index (χ0) is 13.9. The fraction of sp³-hybridized carbons (Fsp3) is 0.750. The molecule has 1 saturated heterocycles. The molecule has 2 nitrogen and oxygen atoms in total. The van der Waals surface area contributed by atoms with Gasteiger partial charge in [-0.1, -0.05) is 19.3 Å². The molecule has 2 aliphatic rings. The molecule has 0 radical (unpaired) electrons. The van der Waals surface area contributed by atoms with Gasteiger partial charge in [-0.25, -0.2) is 0 Å². The van der Waals surface area contributed by atoms with Gasteiger partial charge in [-0.2, -0.15) is 0 Å². The summed E-state index contributed by atoms with van der Waals surface area (Å²) >= 11 is 5.47. The van der Waals surface area contributed by atoms with Crippen molar-refractivity contribution >= 4 is 27.3 Å². The molecule has 2 fully saturated rings. The molecule has 112 valence electrons. The summed E-state index contributed by atoms with van der Waals surface area (Å²) in [6, 6.07) is 5.83. The van der Waals surface area contributed by atoms with Crippen LogP contribution in [-0.4, -0.2) is 30.1 Å². The first-order valence-electron chi connectivity index (χ1n) is 7.94. The Balaban J connectivity index is 1.69. The molecule has 2 unspecified atom stereocenters. The SMILES string of the molecule is CC1CN(Cc2ccc(Br)s2)C(C2CCCCC2)CN1. The maximum absolute atomic E-state index is 3.70. The average molecular weight is 357 g/mol. The van der Waals surface area contributed by atoms with Crippen LogP contribution in [0.25, 0.3) is 0 Å². The van der Waals surface area contributed by atoms with Gasteiger partial charge in [0.1, 0.15) is 0 Å². The van der Waals surface area contributed by atoms with Crippen LogP contribution in [0, 0.1) is 5.92 Å². The summed E-state index contributed by atoms with van der Waals surface area (Å²) < 4.78 is 1.25. The second-order valence-corrected chi connectivity index (χ2v) is 8.96. The molecule has 3 rings (SSSR count). The van der Waals surface area contributed by atoms with Crippen LogP contribution in [0.4, 0.5) is 0 Å². The number of nitrogens with zero attached hydrogens (tertiary/aromatic N) is 1. The predicted octanol–water partition coefficient (Wildman–Crippen LogP) is 4.25. The fourth-order valence-corrected chi connectivity index (χ4v) is 5.31. The summed E-state index contributed by atoms with van der Waals surface area (Å²) in [5.41, 5.74) is 0. The maximum atomic E-state index is 3.70. The van der Waals surface area contributed by atoms with Gasteiger partial charge in [0.25, 0.3) is 0 Å². The lowest BCUT2D eigenvalue weighted by atomic mass is 9.82. The molecule has 1 aromatic heterocycles. The van der Waals surface area contributed by atoms with Gasteiger partial charge in [-0.15, -0.1) is 11.3 Å². The summed E-state index contributed by atoms with van der Waals surface area (Å²) in [6.07, 6.45) is 7.20. The Morgan fingerprint density at radius 3 is 2.80 bits per heavy atom. The van der Waals surface area contributed by atoms with Gasteiger partial charge in [0, 0.05) is 36.6 Å². The van der Waals surface area contributed by atoms with E-state index in [1.54, 1.807) is 0 Å². The third-order valence-electron chi connectivity index (χ3n) is 4.83. The summed E-state index contributed by atoms with van der Waals surface area (Å²) in [4.78, 5) is 4.24. The third kappa shape index (κ3) is 3.65. The highest BCUT2D eigenvalue weighted by atomic mass is 79.9. The highest BCUT2D eigenvalue weighted by Crippen LogP contribution is 2.32. The monoisotopic (exact) mass is 356 g/mol. The lowest BCUT2D eigenvalue weighted by Gasteiger charge is -2.44. The van der Waals surface area contributed by atoms with Crippen LogP contribution in [0.5, 0.6) is 0 Å². The smallest absolute Gasteiger partial charge is 0.0701 e. The van der Waals surface area contributed by atoms with Crippen molar-refractivity contribution in [2.24, 2.45) is 5.92 Å². The summed E-state index contributed by atoms with van der Waals surface area (Å²) in [6.45, 7) is 5.81. The van der Waals surface area contributed by atoms with E-state index in [9.17, 15) is 0 Å². The van der Waals surface area contributed by atoms with Gasteiger partial charge in [0.05, 0.1) is 3.79 Å². The molecular formula is C16H25BrN2S. The number of hydrogen-bond acceptors (Lipinski definition) is 3. The first kappa shape index (κ1) is 15.0. The summed E-state index contributed by atoms with van der Waals surface area (Å²) in [5.74, 6) is 0.909. The summed E-state index contributed by atoms with van der Waals surface area (Å²) in [7, 11) is 0. The minimum Gasteiger partial charge on any atom is -0.311 e. The molecule has 4 heteroatoms. The molecule has 1 N–H and O–H groups in total. The molecule has 1 aliphatic heterocycles. The van der Waals surface area contributed by atoms with Crippen molar-refractivity contribution in [3.63, 3.8) is 0 Å². The van der Waals surface area contributed by atoms with Crippen molar-refractivity contribution < 1.29 is 0 Å². The Kier molecular flexibility index (Phi) is 5.18. The van der Waals surface area contributed by atoms with Gasteiger partial charge >= 0.3 is 0 Å². The fourth-order valence-electron chi connectivity index (χ4n) is 3.81.